The molecule has 1 aromatic carbocycles. The molecule has 1 fully saturated rings. The van der Waals surface area contributed by atoms with E-state index in [0.29, 0.717) is 23.7 Å². The molecule has 1 unspecified atom stereocenters. The van der Waals surface area contributed by atoms with Crippen molar-refractivity contribution in [2.24, 2.45) is 0 Å². The molecule has 0 spiro atoms. The first-order valence-electron chi connectivity index (χ1n) is 7.27. The van der Waals surface area contributed by atoms with Crippen LogP contribution in [0.2, 0.25) is 0 Å². The van der Waals surface area contributed by atoms with E-state index >= 15 is 0 Å². The highest BCUT2D eigenvalue weighted by Gasteiger charge is 2.19. The molecule has 1 aliphatic heterocycles. The summed E-state index contributed by atoms with van der Waals surface area (Å²) in [6.07, 6.45) is 2.37. The Hall–Kier alpha value is -1.90. The van der Waals surface area contributed by atoms with Crippen molar-refractivity contribution in [1.29, 1.82) is 5.26 Å². The van der Waals surface area contributed by atoms with Crippen molar-refractivity contribution in [3.8, 4) is 6.07 Å². The zero-order chi connectivity index (χ0) is 15.1. The Kier molecular flexibility index (Phi) is 5.73. The summed E-state index contributed by atoms with van der Waals surface area (Å²) in [5.41, 5.74) is 1.23. The van der Waals surface area contributed by atoms with Gasteiger partial charge < -0.3 is 15.0 Å². The van der Waals surface area contributed by atoms with Gasteiger partial charge in [0.05, 0.1) is 18.2 Å². The van der Waals surface area contributed by atoms with Crippen molar-refractivity contribution in [3.63, 3.8) is 0 Å². The van der Waals surface area contributed by atoms with Crippen molar-refractivity contribution in [3.05, 3.63) is 29.8 Å². The summed E-state index contributed by atoms with van der Waals surface area (Å²) >= 11 is 0. The second-order valence-corrected chi connectivity index (χ2v) is 5.34. The maximum absolute atomic E-state index is 11.9. The van der Waals surface area contributed by atoms with E-state index in [1.807, 2.05) is 0 Å². The normalized spacial score (nSPS) is 17.7. The summed E-state index contributed by atoms with van der Waals surface area (Å²) in [6, 6.07) is 9.50. The molecule has 1 atom stereocenters. The maximum atomic E-state index is 11.9. The van der Waals surface area contributed by atoms with Gasteiger partial charge in [0.1, 0.15) is 0 Å². The summed E-state index contributed by atoms with van der Waals surface area (Å²) in [4.78, 5) is 14.1. The van der Waals surface area contributed by atoms with Crippen molar-refractivity contribution in [2.75, 3.05) is 32.1 Å². The summed E-state index contributed by atoms with van der Waals surface area (Å²) in [6.45, 7) is 2.52. The van der Waals surface area contributed by atoms with Gasteiger partial charge in [0.15, 0.2) is 0 Å². The SMILES string of the molecule is CN(CCCC(=O)Nc1cccc(C#N)c1)C1CCOC1. The van der Waals surface area contributed by atoms with Crippen LogP contribution in [-0.2, 0) is 9.53 Å². The number of hydrogen-bond acceptors (Lipinski definition) is 4. The predicted molar refractivity (Wildman–Crippen MR) is 80.9 cm³/mol. The number of nitrogens with one attached hydrogen (secondary N) is 1. The molecule has 1 saturated heterocycles. The van der Waals surface area contributed by atoms with Crippen LogP contribution in [0.25, 0.3) is 0 Å². The first kappa shape index (κ1) is 15.5. The van der Waals surface area contributed by atoms with Gasteiger partial charge in [-0.2, -0.15) is 5.26 Å². The number of ether oxygens (including phenoxy) is 1. The fraction of sp³-hybridized carbons (Fsp3) is 0.500. The molecular weight excluding hydrogens is 266 g/mol. The zero-order valence-corrected chi connectivity index (χ0v) is 12.3. The number of carbonyl (C=O) groups is 1. The highest BCUT2D eigenvalue weighted by molar-refractivity contribution is 5.90. The summed E-state index contributed by atoms with van der Waals surface area (Å²) in [5.74, 6) is -0.0128. The lowest BCUT2D eigenvalue weighted by Crippen LogP contribution is -2.33. The quantitative estimate of drug-likeness (QED) is 0.869. The number of nitrogens with zero attached hydrogens (tertiary/aromatic N) is 2. The Labute approximate surface area is 125 Å². The lowest BCUT2D eigenvalue weighted by Gasteiger charge is -2.22. The molecule has 0 radical (unpaired) electrons. The first-order valence-corrected chi connectivity index (χ1v) is 7.27. The van der Waals surface area contributed by atoms with Crippen LogP contribution < -0.4 is 5.32 Å². The molecule has 5 heteroatoms. The van der Waals surface area contributed by atoms with E-state index < -0.39 is 0 Å². The Bertz CT molecular complexity index is 518. The molecule has 0 saturated carbocycles. The van der Waals surface area contributed by atoms with Gasteiger partial charge in [-0.15, -0.1) is 0 Å². The molecule has 0 aliphatic carbocycles. The topological polar surface area (TPSA) is 65.4 Å². The van der Waals surface area contributed by atoms with Gasteiger partial charge in [-0.1, -0.05) is 6.07 Å². The van der Waals surface area contributed by atoms with E-state index in [-0.39, 0.29) is 5.91 Å². The minimum Gasteiger partial charge on any atom is -0.380 e. The fourth-order valence-corrected chi connectivity index (χ4v) is 2.43. The van der Waals surface area contributed by atoms with E-state index in [1.54, 1.807) is 24.3 Å². The lowest BCUT2D eigenvalue weighted by molar-refractivity contribution is -0.116. The van der Waals surface area contributed by atoms with Crippen LogP contribution >= 0.6 is 0 Å². The van der Waals surface area contributed by atoms with Crippen molar-refractivity contribution >= 4 is 11.6 Å². The molecule has 1 heterocycles. The van der Waals surface area contributed by atoms with Crippen LogP contribution in [0.4, 0.5) is 5.69 Å². The third-order valence-corrected chi connectivity index (χ3v) is 3.72. The smallest absolute Gasteiger partial charge is 0.224 e. The van der Waals surface area contributed by atoms with E-state index in [4.69, 9.17) is 10.00 Å². The van der Waals surface area contributed by atoms with Gasteiger partial charge in [0, 0.05) is 24.8 Å². The zero-order valence-electron chi connectivity index (χ0n) is 12.3. The molecule has 0 bridgehead atoms. The first-order chi connectivity index (χ1) is 10.2. The average molecular weight is 287 g/mol. The number of rotatable bonds is 6. The Morgan fingerprint density at radius 2 is 2.43 bits per heavy atom. The summed E-state index contributed by atoms with van der Waals surface area (Å²) in [5, 5.41) is 11.7. The third-order valence-electron chi connectivity index (χ3n) is 3.72. The highest BCUT2D eigenvalue weighted by Crippen LogP contribution is 2.12. The van der Waals surface area contributed by atoms with Crippen LogP contribution in [0.3, 0.4) is 0 Å². The fourth-order valence-electron chi connectivity index (χ4n) is 2.43. The molecule has 21 heavy (non-hydrogen) atoms. The van der Waals surface area contributed by atoms with Gasteiger partial charge in [-0.25, -0.2) is 0 Å². The minimum absolute atomic E-state index is 0.0128. The maximum Gasteiger partial charge on any atom is 0.224 e. The number of hydrogen-bond donors (Lipinski definition) is 1. The van der Waals surface area contributed by atoms with Crippen LogP contribution in [0.15, 0.2) is 24.3 Å². The van der Waals surface area contributed by atoms with Crippen LogP contribution in [0.1, 0.15) is 24.8 Å². The average Bonchev–Trinajstić information content (AvgIpc) is 3.01. The molecule has 1 N–H and O–H groups in total. The van der Waals surface area contributed by atoms with E-state index in [9.17, 15) is 4.79 Å². The molecule has 112 valence electrons. The molecule has 1 aliphatic rings. The van der Waals surface area contributed by atoms with Crippen LogP contribution in [0.5, 0.6) is 0 Å². The van der Waals surface area contributed by atoms with Crippen LogP contribution in [-0.4, -0.2) is 43.7 Å². The lowest BCUT2D eigenvalue weighted by atomic mass is 10.2. The second kappa shape index (κ2) is 7.77. The number of amides is 1. The van der Waals surface area contributed by atoms with E-state index in [0.717, 1.165) is 32.6 Å². The van der Waals surface area contributed by atoms with Crippen molar-refractivity contribution in [2.45, 2.75) is 25.3 Å². The molecular formula is C16H21N3O2. The summed E-state index contributed by atoms with van der Waals surface area (Å²) < 4.78 is 5.36. The molecule has 0 aromatic heterocycles. The summed E-state index contributed by atoms with van der Waals surface area (Å²) in [7, 11) is 2.08. The number of carbonyl (C=O) groups excluding carboxylic acids is 1. The van der Waals surface area contributed by atoms with Crippen molar-refractivity contribution in [1.82, 2.24) is 4.90 Å². The Balaban J connectivity index is 1.70. The molecule has 1 aromatic rings. The largest absolute Gasteiger partial charge is 0.380 e. The van der Waals surface area contributed by atoms with Gasteiger partial charge in [0.2, 0.25) is 5.91 Å². The number of benzene rings is 1. The van der Waals surface area contributed by atoms with E-state index in [2.05, 4.69) is 23.3 Å². The van der Waals surface area contributed by atoms with Gasteiger partial charge in [-0.05, 0) is 44.6 Å². The van der Waals surface area contributed by atoms with Gasteiger partial charge in [-0.3, -0.25) is 4.79 Å². The molecule has 5 nitrogen and oxygen atoms in total. The molecule has 2 rings (SSSR count). The number of nitriles is 1. The van der Waals surface area contributed by atoms with Gasteiger partial charge in [0.25, 0.3) is 0 Å². The molecule has 1 amide bonds. The minimum atomic E-state index is -0.0128. The highest BCUT2D eigenvalue weighted by atomic mass is 16.5. The van der Waals surface area contributed by atoms with Crippen LogP contribution in [0, 0.1) is 11.3 Å². The van der Waals surface area contributed by atoms with E-state index in [1.165, 1.54) is 0 Å². The van der Waals surface area contributed by atoms with Crippen molar-refractivity contribution < 1.29 is 9.53 Å². The Morgan fingerprint density at radius 3 is 3.14 bits per heavy atom. The van der Waals surface area contributed by atoms with Gasteiger partial charge >= 0.3 is 0 Å². The standard InChI is InChI=1S/C16H21N3O2/c1-19(15-7-9-21-12-15)8-3-6-16(20)18-14-5-2-4-13(10-14)11-17/h2,4-5,10,15H,3,6-9,12H2,1H3,(H,18,20). The second-order valence-electron chi connectivity index (χ2n) is 5.34. The Morgan fingerprint density at radius 1 is 1.57 bits per heavy atom. The monoisotopic (exact) mass is 287 g/mol. The number of anilines is 1. The number of likely N-dealkylation sites (N-methyl/N-ethyl adjacent to an activating group) is 1. The third kappa shape index (κ3) is 4.85. The predicted octanol–water partition coefficient (Wildman–Crippen LogP) is 2.00.